The molecule has 0 saturated carbocycles. The van der Waals surface area contributed by atoms with E-state index in [1.54, 1.807) is 0 Å². The topological polar surface area (TPSA) is 51.2 Å². The lowest BCUT2D eigenvalue weighted by Crippen LogP contribution is -2.26. The average molecular weight is 200 g/mol. The van der Waals surface area contributed by atoms with Crippen LogP contribution in [0, 0.1) is 19.3 Å². The molecule has 1 unspecified atom stereocenters. The number of hydrogen-bond donors (Lipinski definition) is 2. The first-order valence-corrected chi connectivity index (χ1v) is 4.67. The Balaban J connectivity index is 2.52. The summed E-state index contributed by atoms with van der Waals surface area (Å²) in [6, 6.07) is 7.51. The van der Waals surface area contributed by atoms with Crippen molar-refractivity contribution in [3.05, 3.63) is 35.6 Å². The van der Waals surface area contributed by atoms with Gasteiger partial charge in [-0.25, -0.2) is 5.43 Å². The largest absolute Gasteiger partial charge is 0.458 e. The van der Waals surface area contributed by atoms with Crippen LogP contribution in [0.2, 0.25) is 0 Å². The molecule has 76 valence electrons. The Morgan fingerprint density at radius 1 is 1.47 bits per heavy atom. The molecule has 3 nitrogen and oxygen atoms in total. The van der Waals surface area contributed by atoms with Crippen LogP contribution in [0.4, 0.5) is 0 Å². The Bertz CT molecular complexity index is 522. The van der Waals surface area contributed by atoms with Crippen molar-refractivity contribution in [3.8, 4) is 12.3 Å². The van der Waals surface area contributed by atoms with Gasteiger partial charge in [0.05, 0.1) is 0 Å². The highest BCUT2D eigenvalue weighted by atomic mass is 16.3. The number of terminal acetylenes is 1. The minimum Gasteiger partial charge on any atom is -0.458 e. The highest BCUT2D eigenvalue weighted by Crippen LogP contribution is 2.24. The molecule has 0 fully saturated rings. The summed E-state index contributed by atoms with van der Waals surface area (Å²) in [5.41, 5.74) is 4.53. The van der Waals surface area contributed by atoms with Crippen LogP contribution in [-0.4, -0.2) is 0 Å². The maximum absolute atomic E-state index is 5.58. The highest BCUT2D eigenvalue weighted by molar-refractivity contribution is 5.78. The van der Waals surface area contributed by atoms with E-state index in [9.17, 15) is 0 Å². The summed E-state index contributed by atoms with van der Waals surface area (Å²) in [5.74, 6) is 8.50. The zero-order valence-electron chi connectivity index (χ0n) is 8.45. The first kappa shape index (κ1) is 9.78. The molecule has 0 bridgehead atoms. The maximum Gasteiger partial charge on any atom is 0.139 e. The van der Waals surface area contributed by atoms with Crippen molar-refractivity contribution in [2.24, 2.45) is 5.84 Å². The minimum absolute atomic E-state index is 0.377. The van der Waals surface area contributed by atoms with Gasteiger partial charge in [-0.1, -0.05) is 17.6 Å². The summed E-state index contributed by atoms with van der Waals surface area (Å²) in [4.78, 5) is 0. The lowest BCUT2D eigenvalue weighted by Gasteiger charge is -2.03. The number of nitrogens with two attached hydrogens (primary N) is 1. The maximum atomic E-state index is 5.58. The Kier molecular flexibility index (Phi) is 2.46. The van der Waals surface area contributed by atoms with Crippen LogP contribution in [-0.2, 0) is 0 Å². The first-order chi connectivity index (χ1) is 7.24. The Morgan fingerprint density at radius 2 is 2.27 bits per heavy atom. The number of rotatable bonds is 2. The molecule has 1 atom stereocenters. The van der Waals surface area contributed by atoms with Crippen LogP contribution in [0.15, 0.2) is 28.7 Å². The van der Waals surface area contributed by atoms with E-state index in [2.05, 4.69) is 11.3 Å². The quantitative estimate of drug-likeness (QED) is 0.442. The second-order valence-electron chi connectivity index (χ2n) is 3.46. The Labute approximate surface area is 88.2 Å². The Hall–Kier alpha value is -1.76. The van der Waals surface area contributed by atoms with Gasteiger partial charge < -0.3 is 4.42 Å². The van der Waals surface area contributed by atoms with Gasteiger partial charge in [0.1, 0.15) is 17.4 Å². The number of furan rings is 1. The molecule has 0 radical (unpaired) electrons. The number of hydrogen-bond acceptors (Lipinski definition) is 3. The Morgan fingerprint density at radius 3 is 2.93 bits per heavy atom. The summed E-state index contributed by atoms with van der Waals surface area (Å²) < 4.78 is 5.58. The van der Waals surface area contributed by atoms with E-state index in [0.29, 0.717) is 5.76 Å². The van der Waals surface area contributed by atoms with Crippen LogP contribution in [0.3, 0.4) is 0 Å². The lowest BCUT2D eigenvalue weighted by atomic mass is 10.1. The van der Waals surface area contributed by atoms with Gasteiger partial charge in [-0.15, -0.1) is 6.42 Å². The molecule has 1 heterocycles. The molecule has 15 heavy (non-hydrogen) atoms. The van der Waals surface area contributed by atoms with Gasteiger partial charge >= 0.3 is 0 Å². The fourth-order valence-electron chi connectivity index (χ4n) is 1.54. The van der Waals surface area contributed by atoms with Crippen molar-refractivity contribution in [1.82, 2.24) is 5.43 Å². The second-order valence-corrected chi connectivity index (χ2v) is 3.46. The van der Waals surface area contributed by atoms with Crippen molar-refractivity contribution in [2.45, 2.75) is 13.0 Å². The van der Waals surface area contributed by atoms with Crippen LogP contribution >= 0.6 is 0 Å². The fraction of sp³-hybridized carbons (Fsp3) is 0.167. The monoisotopic (exact) mass is 200 g/mol. The smallest absolute Gasteiger partial charge is 0.139 e. The highest BCUT2D eigenvalue weighted by Gasteiger charge is 2.11. The number of fused-ring (bicyclic) bond motifs is 1. The SMILES string of the molecule is C#CC(NN)c1cc2cc(C)ccc2o1. The van der Waals surface area contributed by atoms with Crippen molar-refractivity contribution in [2.75, 3.05) is 0 Å². The summed E-state index contributed by atoms with van der Waals surface area (Å²) in [6.07, 6.45) is 5.31. The molecule has 0 aliphatic rings. The summed E-state index contributed by atoms with van der Waals surface area (Å²) >= 11 is 0. The molecule has 0 spiro atoms. The standard InChI is InChI=1S/C12H12N2O/c1-3-10(14-13)12-7-9-6-8(2)4-5-11(9)15-12/h1,4-7,10,14H,13H2,2H3. The third kappa shape index (κ3) is 1.73. The first-order valence-electron chi connectivity index (χ1n) is 4.67. The molecule has 0 saturated heterocycles. The summed E-state index contributed by atoms with van der Waals surface area (Å²) in [6.45, 7) is 2.03. The molecule has 2 rings (SSSR count). The van der Waals surface area contributed by atoms with Crippen LogP contribution < -0.4 is 11.3 Å². The van der Waals surface area contributed by atoms with Gasteiger partial charge in [-0.3, -0.25) is 5.84 Å². The van der Waals surface area contributed by atoms with Gasteiger partial charge in [0.25, 0.3) is 0 Å². The third-order valence-corrected chi connectivity index (χ3v) is 2.31. The molecule has 3 heteroatoms. The minimum atomic E-state index is -0.377. The van der Waals surface area contributed by atoms with E-state index in [4.69, 9.17) is 16.7 Å². The van der Waals surface area contributed by atoms with Crippen LogP contribution in [0.25, 0.3) is 11.0 Å². The van der Waals surface area contributed by atoms with Crippen LogP contribution in [0.1, 0.15) is 17.4 Å². The van der Waals surface area contributed by atoms with E-state index in [1.165, 1.54) is 5.56 Å². The number of benzene rings is 1. The predicted molar refractivity (Wildman–Crippen MR) is 59.8 cm³/mol. The molecule has 0 aliphatic carbocycles. The summed E-state index contributed by atoms with van der Waals surface area (Å²) in [5, 5.41) is 1.04. The number of aryl methyl sites for hydroxylation is 1. The fourth-order valence-corrected chi connectivity index (χ4v) is 1.54. The van der Waals surface area contributed by atoms with E-state index in [0.717, 1.165) is 11.0 Å². The zero-order chi connectivity index (χ0) is 10.8. The summed E-state index contributed by atoms with van der Waals surface area (Å²) in [7, 11) is 0. The lowest BCUT2D eigenvalue weighted by molar-refractivity contribution is 0.493. The van der Waals surface area contributed by atoms with Crippen molar-refractivity contribution in [1.29, 1.82) is 0 Å². The van der Waals surface area contributed by atoms with Gasteiger partial charge in [-0.05, 0) is 25.1 Å². The second kappa shape index (κ2) is 3.77. The number of hydrazine groups is 1. The van der Waals surface area contributed by atoms with Crippen molar-refractivity contribution >= 4 is 11.0 Å². The molecule has 0 aliphatic heterocycles. The van der Waals surface area contributed by atoms with Crippen LogP contribution in [0.5, 0.6) is 0 Å². The molecule has 2 aromatic rings. The van der Waals surface area contributed by atoms with E-state index >= 15 is 0 Å². The van der Waals surface area contributed by atoms with Gasteiger partial charge in [0.15, 0.2) is 0 Å². The van der Waals surface area contributed by atoms with E-state index in [1.807, 2.05) is 31.2 Å². The molecule has 1 aromatic carbocycles. The molecule has 1 aromatic heterocycles. The van der Waals surface area contributed by atoms with Crippen molar-refractivity contribution in [3.63, 3.8) is 0 Å². The molecule has 3 N–H and O–H groups in total. The average Bonchev–Trinajstić information content (AvgIpc) is 2.62. The molecule has 0 amide bonds. The van der Waals surface area contributed by atoms with Gasteiger partial charge in [-0.2, -0.15) is 0 Å². The van der Waals surface area contributed by atoms with Gasteiger partial charge in [0.2, 0.25) is 0 Å². The zero-order valence-corrected chi connectivity index (χ0v) is 8.45. The normalized spacial score (nSPS) is 12.6. The predicted octanol–water partition coefficient (Wildman–Crippen LogP) is 1.88. The number of nitrogens with one attached hydrogen (secondary N) is 1. The van der Waals surface area contributed by atoms with E-state index < -0.39 is 0 Å². The van der Waals surface area contributed by atoms with Gasteiger partial charge in [0, 0.05) is 5.39 Å². The molecular weight excluding hydrogens is 188 g/mol. The third-order valence-electron chi connectivity index (χ3n) is 2.31. The van der Waals surface area contributed by atoms with Crippen molar-refractivity contribution < 1.29 is 4.42 Å². The van der Waals surface area contributed by atoms with E-state index in [-0.39, 0.29) is 6.04 Å². The molecular formula is C12H12N2O.